The van der Waals surface area contributed by atoms with Gasteiger partial charge in [-0.3, -0.25) is 4.79 Å². The number of benzene rings is 2. The highest BCUT2D eigenvalue weighted by atomic mass is 32.2. The van der Waals surface area contributed by atoms with E-state index in [1.807, 2.05) is 55.8 Å². The molecule has 0 unspecified atom stereocenters. The third kappa shape index (κ3) is 5.60. The van der Waals surface area contributed by atoms with Gasteiger partial charge in [0.2, 0.25) is 5.91 Å². The maximum absolute atomic E-state index is 12.2. The van der Waals surface area contributed by atoms with Gasteiger partial charge in [0, 0.05) is 12.7 Å². The summed E-state index contributed by atoms with van der Waals surface area (Å²) >= 11 is 1.35. The van der Waals surface area contributed by atoms with Crippen LogP contribution in [0.15, 0.2) is 47.6 Å². The van der Waals surface area contributed by atoms with Crippen LogP contribution in [0.2, 0.25) is 0 Å². The molecule has 29 heavy (non-hydrogen) atoms. The molecule has 3 rings (SSSR count). The molecule has 6 nitrogen and oxygen atoms in total. The topological polar surface area (TPSA) is 69.0 Å². The molecule has 0 atom stereocenters. The molecule has 0 spiro atoms. The molecule has 1 N–H and O–H groups in total. The zero-order chi connectivity index (χ0) is 20.8. The Labute approximate surface area is 175 Å². The summed E-state index contributed by atoms with van der Waals surface area (Å²) in [4.78, 5) is 12.2. The summed E-state index contributed by atoms with van der Waals surface area (Å²) in [7, 11) is 1.88. The van der Waals surface area contributed by atoms with Crippen molar-refractivity contribution >= 4 is 23.4 Å². The van der Waals surface area contributed by atoms with E-state index < -0.39 is 0 Å². The molecule has 0 aliphatic carbocycles. The van der Waals surface area contributed by atoms with Gasteiger partial charge in [0.05, 0.1) is 5.75 Å². The molecule has 3 aromatic rings. The second-order valence-electron chi connectivity index (χ2n) is 6.88. The molecule has 0 saturated heterocycles. The highest BCUT2D eigenvalue weighted by Gasteiger charge is 2.12. The number of amides is 1. The van der Waals surface area contributed by atoms with Gasteiger partial charge in [-0.25, -0.2) is 0 Å². The van der Waals surface area contributed by atoms with Gasteiger partial charge in [0.25, 0.3) is 0 Å². The number of hydrogen-bond donors (Lipinski definition) is 1. The van der Waals surface area contributed by atoms with Gasteiger partial charge < -0.3 is 14.6 Å². The Morgan fingerprint density at radius 2 is 1.86 bits per heavy atom. The fraction of sp³-hybridized carbons (Fsp3) is 0.318. The van der Waals surface area contributed by atoms with Crippen LogP contribution in [0.5, 0.6) is 5.75 Å². The Balaban J connectivity index is 1.52. The van der Waals surface area contributed by atoms with Crippen LogP contribution in [-0.4, -0.2) is 26.4 Å². The minimum atomic E-state index is -0.0740. The Morgan fingerprint density at radius 3 is 2.55 bits per heavy atom. The number of anilines is 1. The lowest BCUT2D eigenvalue weighted by atomic mass is 10.1. The van der Waals surface area contributed by atoms with Crippen LogP contribution in [0.25, 0.3) is 0 Å². The van der Waals surface area contributed by atoms with Crippen molar-refractivity contribution in [2.75, 3.05) is 11.1 Å². The first kappa shape index (κ1) is 20.9. The van der Waals surface area contributed by atoms with Crippen LogP contribution in [0.1, 0.15) is 29.4 Å². The lowest BCUT2D eigenvalue weighted by Crippen LogP contribution is -2.14. The van der Waals surface area contributed by atoms with Gasteiger partial charge in [0.15, 0.2) is 11.0 Å². The summed E-state index contributed by atoms with van der Waals surface area (Å²) in [5.74, 6) is 1.70. The zero-order valence-electron chi connectivity index (χ0n) is 17.2. The Bertz CT molecular complexity index is 983. The van der Waals surface area contributed by atoms with E-state index in [-0.39, 0.29) is 11.7 Å². The highest BCUT2D eigenvalue weighted by Crippen LogP contribution is 2.19. The van der Waals surface area contributed by atoms with E-state index in [0.29, 0.717) is 17.6 Å². The predicted molar refractivity (Wildman–Crippen MR) is 116 cm³/mol. The number of aromatic nitrogens is 3. The summed E-state index contributed by atoms with van der Waals surface area (Å²) in [5, 5.41) is 12.0. The predicted octanol–water partition coefficient (Wildman–Crippen LogP) is 4.30. The first-order chi connectivity index (χ1) is 14.0. The number of rotatable bonds is 8. The van der Waals surface area contributed by atoms with E-state index in [0.717, 1.165) is 23.4 Å². The van der Waals surface area contributed by atoms with E-state index in [4.69, 9.17) is 4.74 Å². The van der Waals surface area contributed by atoms with Crippen molar-refractivity contribution in [3.05, 3.63) is 65.0 Å². The zero-order valence-corrected chi connectivity index (χ0v) is 18.0. The summed E-state index contributed by atoms with van der Waals surface area (Å²) in [6.07, 6.45) is 1.00. The van der Waals surface area contributed by atoms with E-state index in [1.165, 1.54) is 22.9 Å². The number of aryl methyl sites for hydroxylation is 3. The first-order valence-corrected chi connectivity index (χ1v) is 10.5. The number of carbonyl (C=O) groups is 1. The van der Waals surface area contributed by atoms with E-state index in [1.54, 1.807) is 0 Å². The lowest BCUT2D eigenvalue weighted by Gasteiger charge is -2.08. The number of nitrogens with one attached hydrogen (secondary N) is 1. The molecular weight excluding hydrogens is 384 g/mol. The normalized spacial score (nSPS) is 10.8. The average molecular weight is 411 g/mol. The second-order valence-corrected chi connectivity index (χ2v) is 7.82. The van der Waals surface area contributed by atoms with Crippen molar-refractivity contribution in [1.29, 1.82) is 0 Å². The molecule has 0 bridgehead atoms. The molecule has 0 fully saturated rings. The van der Waals surface area contributed by atoms with Crippen molar-refractivity contribution in [3.8, 4) is 5.75 Å². The van der Waals surface area contributed by atoms with Crippen LogP contribution < -0.4 is 10.1 Å². The number of nitrogens with zero attached hydrogens (tertiary/aromatic N) is 3. The number of thioether (sulfide) groups is 1. The molecule has 0 aliphatic rings. The number of ether oxygens (including phenoxy) is 1. The van der Waals surface area contributed by atoms with Gasteiger partial charge in [-0.1, -0.05) is 36.9 Å². The average Bonchev–Trinajstić information content (AvgIpc) is 3.07. The van der Waals surface area contributed by atoms with Gasteiger partial charge in [-0.2, -0.15) is 0 Å². The Morgan fingerprint density at radius 1 is 1.10 bits per heavy atom. The van der Waals surface area contributed by atoms with Crippen LogP contribution >= 0.6 is 11.8 Å². The van der Waals surface area contributed by atoms with Crippen LogP contribution in [0, 0.1) is 13.8 Å². The minimum absolute atomic E-state index is 0.0740. The van der Waals surface area contributed by atoms with Crippen molar-refractivity contribution in [2.45, 2.75) is 39.0 Å². The van der Waals surface area contributed by atoms with Crippen molar-refractivity contribution < 1.29 is 9.53 Å². The standard InChI is InChI=1S/C22H26N4O2S/c1-5-17-7-10-19(11-8-17)28-13-20-24-25-22(26(20)4)29-14-21(27)23-18-9-6-15(2)16(3)12-18/h6-12H,5,13-14H2,1-4H3,(H,23,27). The SMILES string of the molecule is CCc1ccc(OCc2nnc(SCC(=O)Nc3ccc(C)c(C)c3)n2C)cc1. The molecule has 1 amide bonds. The van der Waals surface area contributed by atoms with Crippen molar-refractivity contribution in [1.82, 2.24) is 14.8 Å². The third-order valence-corrected chi connectivity index (χ3v) is 5.77. The monoisotopic (exact) mass is 410 g/mol. The number of hydrogen-bond acceptors (Lipinski definition) is 5. The molecule has 1 heterocycles. The molecule has 152 valence electrons. The Kier molecular flexibility index (Phi) is 6.93. The molecule has 2 aromatic carbocycles. The molecule has 0 aliphatic heterocycles. The van der Waals surface area contributed by atoms with Gasteiger partial charge in [-0.05, 0) is 61.2 Å². The van der Waals surface area contributed by atoms with Gasteiger partial charge in [-0.15, -0.1) is 10.2 Å². The second kappa shape index (κ2) is 9.60. The fourth-order valence-electron chi connectivity index (χ4n) is 2.71. The van der Waals surface area contributed by atoms with Gasteiger partial charge in [0.1, 0.15) is 12.4 Å². The quantitative estimate of drug-likeness (QED) is 0.561. The highest BCUT2D eigenvalue weighted by molar-refractivity contribution is 7.99. The summed E-state index contributed by atoms with van der Waals surface area (Å²) in [6, 6.07) is 13.9. The fourth-order valence-corrected chi connectivity index (χ4v) is 3.44. The third-order valence-electron chi connectivity index (χ3n) is 4.75. The minimum Gasteiger partial charge on any atom is -0.486 e. The summed E-state index contributed by atoms with van der Waals surface area (Å²) in [5.41, 5.74) is 4.43. The van der Waals surface area contributed by atoms with Crippen molar-refractivity contribution in [3.63, 3.8) is 0 Å². The molecule has 7 heteroatoms. The molecule has 0 radical (unpaired) electrons. The van der Waals surface area contributed by atoms with E-state index in [2.05, 4.69) is 34.6 Å². The maximum atomic E-state index is 12.2. The largest absolute Gasteiger partial charge is 0.486 e. The van der Waals surface area contributed by atoms with Crippen LogP contribution in [-0.2, 0) is 24.9 Å². The molecule has 0 saturated carbocycles. The van der Waals surface area contributed by atoms with E-state index in [9.17, 15) is 4.79 Å². The van der Waals surface area contributed by atoms with Crippen LogP contribution in [0.4, 0.5) is 5.69 Å². The number of carbonyl (C=O) groups excluding carboxylic acids is 1. The lowest BCUT2D eigenvalue weighted by molar-refractivity contribution is -0.113. The first-order valence-electron chi connectivity index (χ1n) is 9.56. The van der Waals surface area contributed by atoms with Gasteiger partial charge >= 0.3 is 0 Å². The maximum Gasteiger partial charge on any atom is 0.234 e. The summed E-state index contributed by atoms with van der Waals surface area (Å²) in [6.45, 7) is 6.52. The molecule has 1 aromatic heterocycles. The smallest absolute Gasteiger partial charge is 0.234 e. The summed E-state index contributed by atoms with van der Waals surface area (Å²) < 4.78 is 7.65. The Hall–Kier alpha value is -2.80. The van der Waals surface area contributed by atoms with Crippen molar-refractivity contribution in [2.24, 2.45) is 7.05 Å². The van der Waals surface area contributed by atoms with E-state index >= 15 is 0 Å². The van der Waals surface area contributed by atoms with Crippen LogP contribution in [0.3, 0.4) is 0 Å². The molecular formula is C22H26N4O2S.